The molecule has 4 heteroatoms. The predicted octanol–water partition coefficient (Wildman–Crippen LogP) is 5.91. The molecular formula is C25H36N4. The van der Waals surface area contributed by atoms with E-state index in [2.05, 4.69) is 67.6 Å². The van der Waals surface area contributed by atoms with E-state index in [1.54, 1.807) is 0 Å². The third-order valence-corrected chi connectivity index (χ3v) is 6.44. The molecule has 0 spiro atoms. The number of anilines is 1. The lowest BCUT2D eigenvalue weighted by molar-refractivity contribution is 0.170. The molecule has 2 N–H and O–H groups in total. The number of aromatic nitrogens is 2. The van der Waals surface area contributed by atoms with Gasteiger partial charge in [-0.05, 0) is 70.9 Å². The second-order valence-corrected chi connectivity index (χ2v) is 10.4. The molecule has 1 aliphatic heterocycles. The molecule has 2 heterocycles. The van der Waals surface area contributed by atoms with Crippen LogP contribution in [0.5, 0.6) is 0 Å². The minimum Gasteiger partial charge on any atom is -0.367 e. The van der Waals surface area contributed by atoms with E-state index < -0.39 is 0 Å². The summed E-state index contributed by atoms with van der Waals surface area (Å²) < 4.78 is 0. The van der Waals surface area contributed by atoms with E-state index in [-0.39, 0.29) is 11.1 Å². The van der Waals surface area contributed by atoms with Crippen LogP contribution in [0.3, 0.4) is 0 Å². The van der Waals surface area contributed by atoms with Crippen LogP contribution in [0.4, 0.5) is 5.82 Å². The lowest BCUT2D eigenvalue weighted by Crippen LogP contribution is -2.60. The van der Waals surface area contributed by atoms with Crippen LogP contribution in [0.15, 0.2) is 36.5 Å². The molecule has 29 heavy (non-hydrogen) atoms. The molecule has 1 saturated heterocycles. The summed E-state index contributed by atoms with van der Waals surface area (Å²) in [6, 6.07) is 11.3. The maximum absolute atomic E-state index is 4.83. The zero-order chi connectivity index (χ0) is 20.5. The second-order valence-electron chi connectivity index (χ2n) is 10.4. The van der Waals surface area contributed by atoms with Crippen molar-refractivity contribution >= 4 is 5.82 Å². The van der Waals surface area contributed by atoms with E-state index in [0.717, 1.165) is 36.0 Å². The standard InChI is InChI=1S/C25H36N4/c1-24(2)16-21(17-25(3,4)29-24)27-22-14-15-26-23(28-22)20-12-10-19(11-13-20)18-8-6-5-7-9-18/h10-15,18,21,29H,5-9,16-17H2,1-4H3,(H,26,27,28). The molecule has 0 amide bonds. The van der Waals surface area contributed by atoms with Gasteiger partial charge in [-0.2, -0.15) is 0 Å². The molecule has 1 aromatic heterocycles. The summed E-state index contributed by atoms with van der Waals surface area (Å²) >= 11 is 0. The Kier molecular flexibility index (Phi) is 5.65. The van der Waals surface area contributed by atoms with Crippen LogP contribution in [0.25, 0.3) is 11.4 Å². The lowest BCUT2D eigenvalue weighted by atomic mass is 9.79. The van der Waals surface area contributed by atoms with Crippen LogP contribution < -0.4 is 10.6 Å². The minimum absolute atomic E-state index is 0.115. The van der Waals surface area contributed by atoms with Crippen molar-refractivity contribution in [2.75, 3.05) is 5.32 Å². The highest BCUT2D eigenvalue weighted by Gasteiger charge is 2.37. The normalized spacial score (nSPS) is 22.3. The van der Waals surface area contributed by atoms with Gasteiger partial charge < -0.3 is 10.6 Å². The van der Waals surface area contributed by atoms with Gasteiger partial charge in [0, 0.05) is 28.9 Å². The summed E-state index contributed by atoms with van der Waals surface area (Å²) in [6.07, 6.45) is 10.8. The molecule has 4 rings (SSSR count). The molecule has 2 aromatic rings. The van der Waals surface area contributed by atoms with Crippen LogP contribution >= 0.6 is 0 Å². The first-order chi connectivity index (χ1) is 13.8. The van der Waals surface area contributed by atoms with E-state index in [0.29, 0.717) is 6.04 Å². The summed E-state index contributed by atoms with van der Waals surface area (Å²) in [5.74, 6) is 2.46. The fourth-order valence-corrected chi connectivity index (χ4v) is 5.55. The number of nitrogens with one attached hydrogen (secondary N) is 2. The summed E-state index contributed by atoms with van der Waals surface area (Å²) in [4.78, 5) is 9.37. The molecule has 0 radical (unpaired) electrons. The quantitative estimate of drug-likeness (QED) is 0.679. The molecule has 0 bridgehead atoms. The monoisotopic (exact) mass is 392 g/mol. The minimum atomic E-state index is 0.115. The Labute approximate surface area is 175 Å². The smallest absolute Gasteiger partial charge is 0.161 e. The molecule has 0 unspecified atom stereocenters. The highest BCUT2D eigenvalue weighted by Crippen LogP contribution is 2.34. The summed E-state index contributed by atoms with van der Waals surface area (Å²) in [7, 11) is 0. The van der Waals surface area contributed by atoms with Crippen LogP contribution in [-0.2, 0) is 0 Å². The van der Waals surface area contributed by atoms with Crippen molar-refractivity contribution in [2.45, 2.75) is 95.7 Å². The Balaban J connectivity index is 1.47. The van der Waals surface area contributed by atoms with Crippen molar-refractivity contribution < 1.29 is 0 Å². The maximum Gasteiger partial charge on any atom is 0.161 e. The Bertz CT molecular complexity index is 803. The number of hydrogen-bond donors (Lipinski definition) is 2. The van der Waals surface area contributed by atoms with Crippen molar-refractivity contribution in [1.82, 2.24) is 15.3 Å². The van der Waals surface area contributed by atoms with Crippen molar-refractivity contribution in [3.63, 3.8) is 0 Å². The fraction of sp³-hybridized carbons (Fsp3) is 0.600. The van der Waals surface area contributed by atoms with Crippen LogP contribution in [0.2, 0.25) is 0 Å². The predicted molar refractivity (Wildman–Crippen MR) is 121 cm³/mol. The summed E-state index contributed by atoms with van der Waals surface area (Å²) in [5.41, 5.74) is 2.80. The van der Waals surface area contributed by atoms with E-state index in [1.807, 2.05) is 12.3 Å². The topological polar surface area (TPSA) is 49.8 Å². The number of benzene rings is 1. The third kappa shape index (κ3) is 5.16. The molecule has 0 atom stereocenters. The van der Waals surface area contributed by atoms with Gasteiger partial charge in [-0.1, -0.05) is 43.5 Å². The van der Waals surface area contributed by atoms with Gasteiger partial charge in [0.2, 0.25) is 0 Å². The average molecular weight is 393 g/mol. The van der Waals surface area contributed by atoms with Gasteiger partial charge in [-0.3, -0.25) is 0 Å². The van der Waals surface area contributed by atoms with Crippen molar-refractivity contribution in [2.24, 2.45) is 0 Å². The molecule has 2 aliphatic rings. The van der Waals surface area contributed by atoms with E-state index >= 15 is 0 Å². The van der Waals surface area contributed by atoms with Crippen molar-refractivity contribution in [3.05, 3.63) is 42.1 Å². The Morgan fingerprint density at radius 1 is 0.897 bits per heavy atom. The molecule has 1 saturated carbocycles. The zero-order valence-electron chi connectivity index (χ0n) is 18.5. The average Bonchev–Trinajstić information content (AvgIpc) is 2.66. The van der Waals surface area contributed by atoms with Crippen LogP contribution in [-0.4, -0.2) is 27.1 Å². The molecule has 1 aliphatic carbocycles. The second kappa shape index (κ2) is 8.06. The van der Waals surface area contributed by atoms with Crippen molar-refractivity contribution in [3.8, 4) is 11.4 Å². The molecule has 2 fully saturated rings. The van der Waals surface area contributed by atoms with Gasteiger partial charge in [0.05, 0.1) is 0 Å². The van der Waals surface area contributed by atoms with Gasteiger partial charge in [0.25, 0.3) is 0 Å². The van der Waals surface area contributed by atoms with Gasteiger partial charge in [0.15, 0.2) is 5.82 Å². The fourth-order valence-electron chi connectivity index (χ4n) is 5.55. The summed E-state index contributed by atoms with van der Waals surface area (Å²) in [5, 5.41) is 7.42. The number of rotatable bonds is 4. The highest BCUT2D eigenvalue weighted by molar-refractivity contribution is 5.57. The van der Waals surface area contributed by atoms with Crippen LogP contribution in [0, 0.1) is 0 Å². The maximum atomic E-state index is 4.83. The molecule has 156 valence electrons. The Hall–Kier alpha value is -1.94. The van der Waals surface area contributed by atoms with E-state index in [9.17, 15) is 0 Å². The van der Waals surface area contributed by atoms with Gasteiger partial charge in [-0.15, -0.1) is 0 Å². The van der Waals surface area contributed by atoms with E-state index in [4.69, 9.17) is 4.98 Å². The first kappa shape index (κ1) is 20.3. The lowest BCUT2D eigenvalue weighted by Gasteiger charge is -2.46. The number of piperidine rings is 1. The number of nitrogens with zero attached hydrogens (tertiary/aromatic N) is 2. The first-order valence-electron chi connectivity index (χ1n) is 11.3. The molecule has 4 nitrogen and oxygen atoms in total. The third-order valence-electron chi connectivity index (χ3n) is 6.44. The van der Waals surface area contributed by atoms with Gasteiger partial charge in [0.1, 0.15) is 5.82 Å². The largest absolute Gasteiger partial charge is 0.367 e. The summed E-state index contributed by atoms with van der Waals surface area (Å²) in [6.45, 7) is 9.12. The van der Waals surface area contributed by atoms with E-state index in [1.165, 1.54) is 37.7 Å². The molecule has 1 aromatic carbocycles. The zero-order valence-corrected chi connectivity index (χ0v) is 18.5. The van der Waals surface area contributed by atoms with Crippen LogP contribution in [0.1, 0.15) is 84.1 Å². The SMILES string of the molecule is CC1(C)CC(Nc2ccnc(-c3ccc(C4CCCCC4)cc3)n2)CC(C)(C)N1. The van der Waals surface area contributed by atoms with Crippen molar-refractivity contribution in [1.29, 1.82) is 0 Å². The Morgan fingerprint density at radius 2 is 1.55 bits per heavy atom. The van der Waals surface area contributed by atoms with Gasteiger partial charge >= 0.3 is 0 Å². The first-order valence-corrected chi connectivity index (χ1v) is 11.3. The Morgan fingerprint density at radius 3 is 2.21 bits per heavy atom. The molecular weight excluding hydrogens is 356 g/mol. The highest BCUT2D eigenvalue weighted by atomic mass is 15.1. The van der Waals surface area contributed by atoms with Gasteiger partial charge in [-0.25, -0.2) is 9.97 Å². The number of hydrogen-bond acceptors (Lipinski definition) is 4.